The van der Waals surface area contributed by atoms with E-state index in [1.165, 1.54) is 5.56 Å². The van der Waals surface area contributed by atoms with E-state index < -0.39 is 0 Å². The second-order valence-corrected chi connectivity index (χ2v) is 6.17. The van der Waals surface area contributed by atoms with Crippen molar-refractivity contribution in [3.63, 3.8) is 0 Å². The predicted octanol–water partition coefficient (Wildman–Crippen LogP) is 2.53. The third kappa shape index (κ3) is 2.45. The van der Waals surface area contributed by atoms with Gasteiger partial charge in [-0.2, -0.15) is 4.98 Å². The summed E-state index contributed by atoms with van der Waals surface area (Å²) in [5.41, 5.74) is 3.27. The molecule has 0 spiro atoms. The Morgan fingerprint density at radius 1 is 1.21 bits per heavy atom. The lowest BCUT2D eigenvalue weighted by atomic mass is 9.87. The minimum atomic E-state index is 0.141. The molecule has 1 aliphatic rings. The first kappa shape index (κ1) is 12.5. The molecule has 1 N–H and O–H groups in total. The molecule has 4 nitrogen and oxygen atoms in total. The highest BCUT2D eigenvalue weighted by molar-refractivity contribution is 5.75. The quantitative estimate of drug-likeness (QED) is 0.854. The summed E-state index contributed by atoms with van der Waals surface area (Å²) in [6.07, 6.45) is 0. The number of piperazine rings is 1. The minimum Gasteiger partial charge on any atom is -0.423 e. The van der Waals surface area contributed by atoms with E-state index >= 15 is 0 Å². The van der Waals surface area contributed by atoms with Gasteiger partial charge in [0.05, 0.1) is 0 Å². The van der Waals surface area contributed by atoms with Crippen LogP contribution in [0, 0.1) is 0 Å². The zero-order valence-electron chi connectivity index (χ0n) is 11.9. The molecule has 1 aromatic carbocycles. The van der Waals surface area contributed by atoms with Gasteiger partial charge in [0.25, 0.3) is 6.01 Å². The van der Waals surface area contributed by atoms with Crippen LogP contribution >= 0.6 is 0 Å². The Kier molecular flexibility index (Phi) is 2.97. The van der Waals surface area contributed by atoms with Crippen LogP contribution < -0.4 is 10.2 Å². The second-order valence-electron chi connectivity index (χ2n) is 6.17. The number of aromatic nitrogens is 1. The molecule has 3 rings (SSSR count). The van der Waals surface area contributed by atoms with Crippen molar-refractivity contribution in [1.82, 2.24) is 10.3 Å². The molecule has 1 aromatic heterocycles. The lowest BCUT2D eigenvalue weighted by molar-refractivity contribution is 0.517. The number of benzene rings is 1. The Bertz CT molecular complexity index is 577. The highest BCUT2D eigenvalue weighted by Crippen LogP contribution is 2.28. The summed E-state index contributed by atoms with van der Waals surface area (Å²) in [6.45, 7) is 10.5. The van der Waals surface area contributed by atoms with Crippen LogP contribution in [-0.2, 0) is 5.41 Å². The largest absolute Gasteiger partial charge is 0.423 e. The molecule has 1 saturated heterocycles. The monoisotopic (exact) mass is 259 g/mol. The topological polar surface area (TPSA) is 41.3 Å². The molecule has 2 aromatic rings. The first-order valence-electron chi connectivity index (χ1n) is 6.91. The maximum atomic E-state index is 5.86. The maximum Gasteiger partial charge on any atom is 0.298 e. The third-order valence-corrected chi connectivity index (χ3v) is 3.63. The second kappa shape index (κ2) is 4.53. The molecule has 0 atom stereocenters. The number of anilines is 1. The van der Waals surface area contributed by atoms with Gasteiger partial charge in [-0.1, -0.05) is 26.8 Å². The van der Waals surface area contributed by atoms with E-state index in [1.54, 1.807) is 0 Å². The maximum absolute atomic E-state index is 5.86. The van der Waals surface area contributed by atoms with Gasteiger partial charge >= 0.3 is 0 Å². The molecule has 102 valence electrons. The van der Waals surface area contributed by atoms with Gasteiger partial charge < -0.3 is 14.6 Å². The van der Waals surface area contributed by atoms with Crippen LogP contribution in [0.15, 0.2) is 22.6 Å². The summed E-state index contributed by atoms with van der Waals surface area (Å²) in [4.78, 5) is 6.84. The molecule has 0 bridgehead atoms. The predicted molar refractivity (Wildman–Crippen MR) is 77.8 cm³/mol. The van der Waals surface area contributed by atoms with Crippen molar-refractivity contribution in [1.29, 1.82) is 0 Å². The van der Waals surface area contributed by atoms with Gasteiger partial charge in [0, 0.05) is 26.2 Å². The normalized spacial score (nSPS) is 17.1. The van der Waals surface area contributed by atoms with Crippen LogP contribution in [0.5, 0.6) is 0 Å². The van der Waals surface area contributed by atoms with E-state index in [2.05, 4.69) is 48.1 Å². The van der Waals surface area contributed by atoms with Gasteiger partial charge in [0.1, 0.15) is 5.52 Å². The van der Waals surface area contributed by atoms with Crippen LogP contribution in [-0.4, -0.2) is 31.2 Å². The Morgan fingerprint density at radius 2 is 1.95 bits per heavy atom. The number of oxazole rings is 1. The van der Waals surface area contributed by atoms with Gasteiger partial charge in [-0.15, -0.1) is 0 Å². The molecule has 19 heavy (non-hydrogen) atoms. The molecular weight excluding hydrogens is 238 g/mol. The van der Waals surface area contributed by atoms with Crippen LogP contribution in [0.2, 0.25) is 0 Å². The van der Waals surface area contributed by atoms with Crippen molar-refractivity contribution in [3.8, 4) is 0 Å². The van der Waals surface area contributed by atoms with Crippen molar-refractivity contribution in [3.05, 3.63) is 23.8 Å². The first-order chi connectivity index (χ1) is 9.04. The smallest absolute Gasteiger partial charge is 0.298 e. The molecule has 0 saturated carbocycles. The average molecular weight is 259 g/mol. The van der Waals surface area contributed by atoms with E-state index in [0.29, 0.717) is 0 Å². The number of hydrogen-bond acceptors (Lipinski definition) is 4. The summed E-state index contributed by atoms with van der Waals surface area (Å²) in [5, 5.41) is 3.34. The summed E-state index contributed by atoms with van der Waals surface area (Å²) in [7, 11) is 0. The Morgan fingerprint density at radius 3 is 2.63 bits per heavy atom. The molecule has 0 amide bonds. The third-order valence-electron chi connectivity index (χ3n) is 3.63. The molecule has 0 aliphatic carbocycles. The van der Waals surface area contributed by atoms with Gasteiger partial charge in [-0.3, -0.25) is 0 Å². The molecule has 1 aliphatic heterocycles. The van der Waals surface area contributed by atoms with Crippen molar-refractivity contribution < 1.29 is 4.42 Å². The molecule has 0 unspecified atom stereocenters. The van der Waals surface area contributed by atoms with Crippen molar-refractivity contribution >= 4 is 17.1 Å². The van der Waals surface area contributed by atoms with E-state index in [-0.39, 0.29) is 5.41 Å². The number of nitrogens with one attached hydrogen (secondary N) is 1. The van der Waals surface area contributed by atoms with Gasteiger partial charge in [-0.25, -0.2) is 0 Å². The number of fused-ring (bicyclic) bond motifs is 1. The summed E-state index contributed by atoms with van der Waals surface area (Å²) >= 11 is 0. The standard InChI is InChI=1S/C15H21N3O/c1-15(2,3)11-4-5-13-12(10-11)17-14(19-13)18-8-6-16-7-9-18/h4-5,10,16H,6-9H2,1-3H3. The average Bonchev–Trinajstić information content (AvgIpc) is 2.81. The lowest BCUT2D eigenvalue weighted by Crippen LogP contribution is -2.43. The fraction of sp³-hybridized carbons (Fsp3) is 0.533. The summed E-state index contributed by atoms with van der Waals surface area (Å²) < 4.78 is 5.86. The number of rotatable bonds is 1. The Balaban J connectivity index is 1.96. The minimum absolute atomic E-state index is 0.141. The fourth-order valence-corrected chi connectivity index (χ4v) is 2.37. The van der Waals surface area contributed by atoms with Crippen molar-refractivity contribution in [2.24, 2.45) is 0 Å². The molecule has 2 heterocycles. The number of nitrogens with zero attached hydrogens (tertiary/aromatic N) is 2. The Labute approximate surface area is 113 Å². The zero-order valence-corrected chi connectivity index (χ0v) is 11.9. The van der Waals surface area contributed by atoms with Gasteiger partial charge in [-0.05, 0) is 23.1 Å². The first-order valence-corrected chi connectivity index (χ1v) is 6.91. The van der Waals surface area contributed by atoms with Crippen LogP contribution in [0.3, 0.4) is 0 Å². The lowest BCUT2D eigenvalue weighted by Gasteiger charge is -2.25. The van der Waals surface area contributed by atoms with Crippen molar-refractivity contribution in [2.75, 3.05) is 31.1 Å². The Hall–Kier alpha value is -1.55. The highest BCUT2D eigenvalue weighted by Gasteiger charge is 2.19. The van der Waals surface area contributed by atoms with Gasteiger partial charge in [0.15, 0.2) is 5.58 Å². The van der Waals surface area contributed by atoms with E-state index in [1.807, 2.05) is 6.07 Å². The van der Waals surface area contributed by atoms with Crippen LogP contribution in [0.25, 0.3) is 11.1 Å². The molecule has 1 fully saturated rings. The number of hydrogen-bond donors (Lipinski definition) is 1. The summed E-state index contributed by atoms with van der Waals surface area (Å²) in [6, 6.07) is 7.07. The van der Waals surface area contributed by atoms with Crippen LogP contribution in [0.4, 0.5) is 6.01 Å². The molecule has 0 radical (unpaired) electrons. The van der Waals surface area contributed by atoms with Crippen molar-refractivity contribution in [2.45, 2.75) is 26.2 Å². The van der Waals surface area contributed by atoms with Gasteiger partial charge in [0.2, 0.25) is 0 Å². The summed E-state index contributed by atoms with van der Waals surface area (Å²) in [5.74, 6) is 0. The van der Waals surface area contributed by atoms with Crippen LogP contribution in [0.1, 0.15) is 26.3 Å². The van der Waals surface area contributed by atoms with E-state index in [4.69, 9.17) is 4.42 Å². The van der Waals surface area contributed by atoms with E-state index in [9.17, 15) is 0 Å². The molecule has 4 heteroatoms. The zero-order chi connectivity index (χ0) is 13.5. The molecular formula is C15H21N3O. The highest BCUT2D eigenvalue weighted by atomic mass is 16.4. The van der Waals surface area contributed by atoms with E-state index in [0.717, 1.165) is 43.3 Å². The SMILES string of the molecule is CC(C)(C)c1ccc2oc(N3CCNCC3)nc2c1. The fourth-order valence-electron chi connectivity index (χ4n) is 2.37.